The maximum atomic E-state index is 12.7. The zero-order chi connectivity index (χ0) is 14.5. The number of amides is 1. The summed E-state index contributed by atoms with van der Waals surface area (Å²) in [4.78, 5) is 14.7. The Hall–Kier alpha value is -0.610. The Kier molecular flexibility index (Phi) is 6.27. The van der Waals surface area contributed by atoms with E-state index in [4.69, 9.17) is 4.74 Å². The molecule has 0 bridgehead atoms. The zero-order valence-electron chi connectivity index (χ0n) is 13.2. The van der Waals surface area contributed by atoms with Crippen LogP contribution in [0.25, 0.3) is 0 Å². The fourth-order valence-electron chi connectivity index (χ4n) is 2.56. The lowest BCUT2D eigenvalue weighted by Crippen LogP contribution is -2.52. The lowest BCUT2D eigenvalue weighted by Gasteiger charge is -2.38. The predicted octanol–water partition coefficient (Wildman–Crippen LogP) is 2.04. The molecule has 1 atom stereocenters. The van der Waals surface area contributed by atoms with Crippen LogP contribution in [-0.2, 0) is 9.53 Å². The van der Waals surface area contributed by atoms with Crippen molar-refractivity contribution in [3.63, 3.8) is 0 Å². The summed E-state index contributed by atoms with van der Waals surface area (Å²) in [7, 11) is 1.63. The molecular formula is C15H30N2O2. The van der Waals surface area contributed by atoms with Crippen LogP contribution in [0.4, 0.5) is 0 Å². The molecule has 112 valence electrons. The van der Waals surface area contributed by atoms with Crippen LogP contribution in [0, 0.1) is 5.92 Å². The number of carbonyl (C=O) groups excluding carboxylic acids is 1. The second-order valence-electron chi connectivity index (χ2n) is 6.03. The Bertz CT molecular complexity index is 282. The van der Waals surface area contributed by atoms with Gasteiger partial charge in [0.25, 0.3) is 5.91 Å². The first-order chi connectivity index (χ1) is 8.94. The van der Waals surface area contributed by atoms with E-state index in [0.717, 1.165) is 32.5 Å². The van der Waals surface area contributed by atoms with Gasteiger partial charge in [-0.25, -0.2) is 0 Å². The summed E-state index contributed by atoms with van der Waals surface area (Å²) in [5, 5.41) is 3.37. The SMILES string of the molecule is CCC(C)(OC)C(=O)N(CC1CCNCC1)C(C)C. The van der Waals surface area contributed by atoms with E-state index in [1.165, 1.54) is 0 Å². The van der Waals surface area contributed by atoms with Gasteiger partial charge in [0, 0.05) is 19.7 Å². The van der Waals surface area contributed by atoms with Crippen molar-refractivity contribution < 1.29 is 9.53 Å². The quantitative estimate of drug-likeness (QED) is 0.803. The number of piperidine rings is 1. The molecule has 4 heteroatoms. The van der Waals surface area contributed by atoms with Gasteiger partial charge >= 0.3 is 0 Å². The largest absolute Gasteiger partial charge is 0.369 e. The number of methoxy groups -OCH3 is 1. The van der Waals surface area contributed by atoms with Gasteiger partial charge in [-0.3, -0.25) is 4.79 Å². The monoisotopic (exact) mass is 270 g/mol. The van der Waals surface area contributed by atoms with E-state index in [0.29, 0.717) is 12.3 Å². The van der Waals surface area contributed by atoms with E-state index in [9.17, 15) is 4.79 Å². The van der Waals surface area contributed by atoms with Crippen molar-refractivity contribution in [3.05, 3.63) is 0 Å². The highest BCUT2D eigenvalue weighted by Crippen LogP contribution is 2.22. The molecule has 0 radical (unpaired) electrons. The lowest BCUT2D eigenvalue weighted by molar-refractivity contribution is -0.156. The average molecular weight is 270 g/mol. The van der Waals surface area contributed by atoms with Gasteiger partial charge in [-0.2, -0.15) is 0 Å². The standard InChI is InChI=1S/C15H30N2O2/c1-6-15(4,19-5)14(18)17(12(2)3)11-13-7-9-16-10-8-13/h12-13,16H,6-11H2,1-5H3. The van der Waals surface area contributed by atoms with Crippen molar-refractivity contribution in [1.82, 2.24) is 10.2 Å². The molecule has 1 rings (SSSR count). The number of nitrogens with one attached hydrogen (secondary N) is 1. The molecule has 1 N–H and O–H groups in total. The molecule has 1 saturated heterocycles. The van der Waals surface area contributed by atoms with Crippen LogP contribution in [0.1, 0.15) is 47.0 Å². The molecule has 1 unspecified atom stereocenters. The highest BCUT2D eigenvalue weighted by atomic mass is 16.5. The lowest BCUT2D eigenvalue weighted by atomic mass is 9.94. The second kappa shape index (κ2) is 7.25. The highest BCUT2D eigenvalue weighted by molar-refractivity contribution is 5.85. The van der Waals surface area contributed by atoms with Crippen molar-refractivity contribution >= 4 is 5.91 Å². The van der Waals surface area contributed by atoms with Gasteiger partial charge < -0.3 is 15.0 Å². The molecule has 1 heterocycles. The van der Waals surface area contributed by atoms with Gasteiger partial charge in [0.15, 0.2) is 0 Å². The summed E-state index contributed by atoms with van der Waals surface area (Å²) in [6.07, 6.45) is 3.02. The summed E-state index contributed by atoms with van der Waals surface area (Å²) in [5.41, 5.74) is -0.683. The summed E-state index contributed by atoms with van der Waals surface area (Å²) in [6, 6.07) is 0.225. The van der Waals surface area contributed by atoms with Crippen molar-refractivity contribution in [2.45, 2.75) is 58.6 Å². The van der Waals surface area contributed by atoms with Crippen LogP contribution >= 0.6 is 0 Å². The summed E-state index contributed by atoms with van der Waals surface area (Å²) < 4.78 is 5.47. The summed E-state index contributed by atoms with van der Waals surface area (Å²) >= 11 is 0. The van der Waals surface area contributed by atoms with Crippen molar-refractivity contribution in [2.75, 3.05) is 26.7 Å². The first-order valence-electron chi connectivity index (χ1n) is 7.51. The first-order valence-corrected chi connectivity index (χ1v) is 7.51. The molecule has 0 spiro atoms. The molecule has 0 aromatic rings. The Morgan fingerprint density at radius 3 is 2.42 bits per heavy atom. The molecule has 1 amide bonds. The smallest absolute Gasteiger partial charge is 0.254 e. The summed E-state index contributed by atoms with van der Waals surface area (Å²) in [6.45, 7) is 11.1. The van der Waals surface area contributed by atoms with Crippen LogP contribution in [0.5, 0.6) is 0 Å². The van der Waals surface area contributed by atoms with Crippen LogP contribution in [0.3, 0.4) is 0 Å². The Balaban J connectivity index is 2.73. The van der Waals surface area contributed by atoms with Gasteiger partial charge in [0.05, 0.1) is 0 Å². The topological polar surface area (TPSA) is 41.6 Å². The van der Waals surface area contributed by atoms with Crippen LogP contribution in [0.2, 0.25) is 0 Å². The fourth-order valence-corrected chi connectivity index (χ4v) is 2.56. The third kappa shape index (κ3) is 4.18. The molecule has 1 aliphatic rings. The Morgan fingerprint density at radius 1 is 1.42 bits per heavy atom. The van der Waals surface area contributed by atoms with Gasteiger partial charge in [-0.1, -0.05) is 6.92 Å². The normalized spacial score (nSPS) is 20.3. The minimum Gasteiger partial charge on any atom is -0.369 e. The molecule has 1 fully saturated rings. The van der Waals surface area contributed by atoms with E-state index in [1.54, 1.807) is 7.11 Å². The molecular weight excluding hydrogens is 240 g/mol. The molecule has 0 aromatic carbocycles. The molecule has 0 aliphatic carbocycles. The van der Waals surface area contributed by atoms with Crippen molar-refractivity contribution in [2.24, 2.45) is 5.92 Å². The molecule has 1 aliphatic heterocycles. The minimum atomic E-state index is -0.683. The van der Waals surface area contributed by atoms with Gasteiger partial charge in [-0.05, 0) is 59.0 Å². The summed E-state index contributed by atoms with van der Waals surface area (Å²) in [5.74, 6) is 0.747. The number of rotatable bonds is 6. The van der Waals surface area contributed by atoms with Crippen LogP contribution < -0.4 is 5.32 Å². The van der Waals surface area contributed by atoms with Crippen LogP contribution in [-0.4, -0.2) is 49.2 Å². The average Bonchev–Trinajstić information content (AvgIpc) is 2.44. The zero-order valence-corrected chi connectivity index (χ0v) is 13.2. The molecule has 19 heavy (non-hydrogen) atoms. The van der Waals surface area contributed by atoms with Gasteiger partial charge in [0.2, 0.25) is 0 Å². The molecule has 0 saturated carbocycles. The second-order valence-corrected chi connectivity index (χ2v) is 6.03. The third-order valence-corrected chi connectivity index (χ3v) is 4.38. The number of hydrogen-bond donors (Lipinski definition) is 1. The third-order valence-electron chi connectivity index (χ3n) is 4.38. The first kappa shape index (κ1) is 16.4. The van der Waals surface area contributed by atoms with E-state index < -0.39 is 5.60 Å². The van der Waals surface area contributed by atoms with Crippen molar-refractivity contribution in [3.8, 4) is 0 Å². The minimum absolute atomic E-state index is 0.131. The van der Waals surface area contributed by atoms with E-state index >= 15 is 0 Å². The Labute approximate surface area is 117 Å². The van der Waals surface area contributed by atoms with Gasteiger partial charge in [-0.15, -0.1) is 0 Å². The predicted molar refractivity (Wildman–Crippen MR) is 78.1 cm³/mol. The highest BCUT2D eigenvalue weighted by Gasteiger charge is 2.36. The van der Waals surface area contributed by atoms with Gasteiger partial charge in [0.1, 0.15) is 5.60 Å². The van der Waals surface area contributed by atoms with Crippen LogP contribution in [0.15, 0.2) is 0 Å². The number of hydrogen-bond acceptors (Lipinski definition) is 3. The maximum Gasteiger partial charge on any atom is 0.254 e. The number of carbonyl (C=O) groups is 1. The van der Waals surface area contributed by atoms with Crippen molar-refractivity contribution in [1.29, 1.82) is 0 Å². The molecule has 4 nitrogen and oxygen atoms in total. The fraction of sp³-hybridized carbons (Fsp3) is 0.933. The number of ether oxygens (including phenoxy) is 1. The van der Waals surface area contributed by atoms with E-state index in [1.807, 2.05) is 18.7 Å². The van der Waals surface area contributed by atoms with E-state index in [-0.39, 0.29) is 11.9 Å². The Morgan fingerprint density at radius 2 is 2.00 bits per heavy atom. The maximum absolute atomic E-state index is 12.7. The van der Waals surface area contributed by atoms with E-state index in [2.05, 4.69) is 19.2 Å². The molecule has 0 aromatic heterocycles. The number of nitrogens with zero attached hydrogens (tertiary/aromatic N) is 1.